The van der Waals surface area contributed by atoms with Crippen LogP contribution in [0.15, 0.2) is 0 Å². The van der Waals surface area contributed by atoms with E-state index in [4.69, 9.17) is 20.6 Å². The maximum Gasteiger partial charge on any atom is 0.250 e. The molecule has 6 nitrogen and oxygen atoms in total. The first-order chi connectivity index (χ1) is 5.61. The van der Waals surface area contributed by atoms with Crippen LogP contribution < -0.4 is 5.50 Å². The molecule has 7 heteroatoms. The second-order valence-electron chi connectivity index (χ2n) is 2.10. The van der Waals surface area contributed by atoms with Gasteiger partial charge in [-0.05, 0) is 0 Å². The van der Waals surface area contributed by atoms with Crippen LogP contribution in [0, 0.1) is 0 Å². The first kappa shape index (κ1) is 11.9. The fourth-order valence-corrected chi connectivity index (χ4v) is 1.13. The van der Waals surface area contributed by atoms with E-state index < -0.39 is 27.3 Å². The van der Waals surface area contributed by atoms with Gasteiger partial charge in [0.2, 0.25) is 0 Å². The van der Waals surface area contributed by atoms with E-state index in [0.29, 0.717) is 6.29 Å². The highest BCUT2D eigenvalue weighted by Gasteiger charge is 2.21. The largest absolute Gasteiger partial charge is 0.394 e. The number of hydrogen-bond donors (Lipinski definition) is 4. The summed E-state index contributed by atoms with van der Waals surface area (Å²) in [7, 11) is -2.12. The molecular weight excluding hydrogens is 185 g/mol. The highest BCUT2D eigenvalue weighted by Crippen LogP contribution is 2.24. The normalized spacial score (nSPS) is 18.3. The van der Waals surface area contributed by atoms with E-state index in [-0.39, 0.29) is 6.42 Å². The number of carbonyl (C=O) groups excluding carboxylic acids is 1. The molecule has 0 aliphatic carbocycles. The van der Waals surface area contributed by atoms with E-state index in [2.05, 4.69) is 4.52 Å². The van der Waals surface area contributed by atoms with Crippen molar-refractivity contribution < 1.29 is 24.4 Å². The fraction of sp³-hybridized carbons (Fsp3) is 0.800. The molecule has 0 aliphatic rings. The average molecular weight is 197 g/mol. The maximum absolute atomic E-state index is 10.0. The van der Waals surface area contributed by atoms with E-state index in [1.165, 1.54) is 0 Å². The zero-order valence-electron chi connectivity index (χ0n) is 6.33. The molecule has 5 N–H and O–H groups in total. The molecule has 0 aromatic heterocycles. The SMILES string of the molecule is NP(O)O[C@@H](CC=O)[C@H](O)CO. The van der Waals surface area contributed by atoms with Gasteiger partial charge in [0, 0.05) is 6.42 Å². The van der Waals surface area contributed by atoms with Crippen molar-refractivity contribution in [2.45, 2.75) is 18.6 Å². The standard InChI is InChI=1S/C5H12NO5P/c6-12(10)11-5(1-2-7)4(9)3-8/h2,4-5,8-10H,1,3,6H2/t4-,5+,12?/m1/s1. The van der Waals surface area contributed by atoms with Gasteiger partial charge in [-0.2, -0.15) is 0 Å². The summed E-state index contributed by atoms with van der Waals surface area (Å²) < 4.78 is 4.60. The lowest BCUT2D eigenvalue weighted by atomic mass is 10.2. The summed E-state index contributed by atoms with van der Waals surface area (Å²) in [6.07, 6.45) is -1.73. The molecule has 0 saturated heterocycles. The molecule has 0 amide bonds. The molecule has 0 saturated carbocycles. The summed E-state index contributed by atoms with van der Waals surface area (Å²) in [6, 6.07) is 0. The van der Waals surface area contributed by atoms with Crippen molar-refractivity contribution in [1.29, 1.82) is 0 Å². The predicted molar refractivity (Wildman–Crippen MR) is 42.0 cm³/mol. The van der Waals surface area contributed by atoms with Crippen LogP contribution in [0.4, 0.5) is 0 Å². The van der Waals surface area contributed by atoms with Gasteiger partial charge in [0.1, 0.15) is 18.5 Å². The van der Waals surface area contributed by atoms with E-state index in [9.17, 15) is 4.79 Å². The molecule has 0 heterocycles. The van der Waals surface area contributed by atoms with E-state index in [0.717, 1.165) is 0 Å². The van der Waals surface area contributed by atoms with Crippen molar-refractivity contribution in [3.05, 3.63) is 0 Å². The first-order valence-electron chi connectivity index (χ1n) is 3.24. The first-order valence-corrected chi connectivity index (χ1v) is 4.53. The van der Waals surface area contributed by atoms with Crippen LogP contribution >= 0.6 is 8.53 Å². The van der Waals surface area contributed by atoms with Crippen LogP contribution in [-0.2, 0) is 9.32 Å². The van der Waals surface area contributed by atoms with Crippen LogP contribution in [0.1, 0.15) is 6.42 Å². The molecule has 0 aromatic rings. The van der Waals surface area contributed by atoms with Crippen LogP contribution in [0.25, 0.3) is 0 Å². The van der Waals surface area contributed by atoms with Gasteiger partial charge >= 0.3 is 0 Å². The smallest absolute Gasteiger partial charge is 0.250 e. The lowest BCUT2D eigenvalue weighted by Crippen LogP contribution is -2.31. The lowest BCUT2D eigenvalue weighted by molar-refractivity contribution is -0.111. The fourth-order valence-electron chi connectivity index (χ4n) is 0.621. The topological polar surface area (TPSA) is 113 Å². The summed E-state index contributed by atoms with van der Waals surface area (Å²) in [6.45, 7) is -0.540. The third kappa shape index (κ3) is 4.71. The Kier molecular flexibility index (Phi) is 6.37. The zero-order chi connectivity index (χ0) is 9.56. The second-order valence-corrected chi connectivity index (χ2v) is 2.91. The molecule has 0 spiro atoms. The zero-order valence-corrected chi connectivity index (χ0v) is 7.22. The summed E-state index contributed by atoms with van der Waals surface area (Å²) >= 11 is 0. The number of carbonyl (C=O) groups is 1. The molecular formula is C5H12NO5P. The van der Waals surface area contributed by atoms with Gasteiger partial charge < -0.3 is 24.4 Å². The summed E-state index contributed by atoms with van der Waals surface area (Å²) in [5.74, 6) is 0. The lowest BCUT2D eigenvalue weighted by Gasteiger charge is -2.19. The van der Waals surface area contributed by atoms with Crippen molar-refractivity contribution >= 4 is 14.8 Å². The molecule has 0 rings (SSSR count). The van der Waals surface area contributed by atoms with E-state index in [1.807, 2.05) is 0 Å². The third-order valence-corrected chi connectivity index (χ3v) is 1.67. The van der Waals surface area contributed by atoms with Crippen molar-refractivity contribution in [1.82, 2.24) is 0 Å². The van der Waals surface area contributed by atoms with Gasteiger partial charge in [0.15, 0.2) is 0 Å². The monoisotopic (exact) mass is 197 g/mol. The molecule has 72 valence electrons. The number of nitrogens with two attached hydrogens (primary N) is 1. The Hall–Kier alpha value is -0.1000. The number of rotatable bonds is 6. The summed E-state index contributed by atoms with van der Waals surface area (Å²) in [5, 5.41) is 17.5. The minimum absolute atomic E-state index is 0.113. The Morgan fingerprint density at radius 2 is 2.25 bits per heavy atom. The van der Waals surface area contributed by atoms with Crippen LogP contribution in [0.2, 0.25) is 0 Å². The Morgan fingerprint density at radius 3 is 2.58 bits per heavy atom. The highest BCUT2D eigenvalue weighted by atomic mass is 31.2. The molecule has 1 unspecified atom stereocenters. The van der Waals surface area contributed by atoms with Gasteiger partial charge in [-0.15, -0.1) is 0 Å². The Labute approximate surface area is 70.9 Å². The predicted octanol–water partition coefficient (Wildman–Crippen LogP) is -1.51. The van der Waals surface area contributed by atoms with E-state index >= 15 is 0 Å². The Balaban J connectivity index is 3.92. The van der Waals surface area contributed by atoms with E-state index in [1.54, 1.807) is 0 Å². The molecule has 12 heavy (non-hydrogen) atoms. The van der Waals surface area contributed by atoms with Crippen molar-refractivity contribution in [3.8, 4) is 0 Å². The van der Waals surface area contributed by atoms with Gasteiger partial charge in [-0.1, -0.05) is 0 Å². The number of aldehydes is 1. The number of hydrogen-bond acceptors (Lipinski definition) is 6. The number of aliphatic hydroxyl groups is 2. The van der Waals surface area contributed by atoms with Gasteiger partial charge in [-0.3, -0.25) is 5.50 Å². The number of aliphatic hydroxyl groups excluding tert-OH is 2. The van der Waals surface area contributed by atoms with Crippen LogP contribution in [0.5, 0.6) is 0 Å². The minimum atomic E-state index is -2.12. The summed E-state index contributed by atoms with van der Waals surface area (Å²) in [4.78, 5) is 18.6. The molecule has 0 fully saturated rings. The van der Waals surface area contributed by atoms with Gasteiger partial charge in [0.25, 0.3) is 8.53 Å². The summed E-state index contributed by atoms with van der Waals surface area (Å²) in [5.41, 5.74) is 4.91. The molecule has 0 aliphatic heterocycles. The van der Waals surface area contributed by atoms with Gasteiger partial charge in [-0.25, -0.2) is 0 Å². The maximum atomic E-state index is 10.0. The molecule has 0 aromatic carbocycles. The highest BCUT2D eigenvalue weighted by molar-refractivity contribution is 7.43. The van der Waals surface area contributed by atoms with Gasteiger partial charge in [0.05, 0.1) is 6.61 Å². The van der Waals surface area contributed by atoms with Crippen LogP contribution in [0.3, 0.4) is 0 Å². The molecule has 0 bridgehead atoms. The molecule has 0 radical (unpaired) electrons. The van der Waals surface area contributed by atoms with Crippen molar-refractivity contribution in [3.63, 3.8) is 0 Å². The Morgan fingerprint density at radius 1 is 1.67 bits per heavy atom. The third-order valence-electron chi connectivity index (χ3n) is 1.19. The van der Waals surface area contributed by atoms with Crippen molar-refractivity contribution in [2.75, 3.05) is 6.61 Å². The average Bonchev–Trinajstić information content (AvgIpc) is 2.01. The van der Waals surface area contributed by atoms with Crippen molar-refractivity contribution in [2.24, 2.45) is 5.50 Å². The second kappa shape index (κ2) is 6.42. The Bertz CT molecular complexity index is 133. The molecule has 3 atom stereocenters. The van der Waals surface area contributed by atoms with Crippen LogP contribution in [-0.4, -0.2) is 40.2 Å². The minimum Gasteiger partial charge on any atom is -0.394 e. The quantitative estimate of drug-likeness (QED) is 0.304.